The molecule has 0 saturated heterocycles. The lowest BCUT2D eigenvalue weighted by Crippen LogP contribution is -2.43. The number of H-pyrrole nitrogens is 1. The second-order valence-electron chi connectivity index (χ2n) is 10.3. The van der Waals surface area contributed by atoms with Crippen molar-refractivity contribution in [2.75, 3.05) is 6.61 Å². The second kappa shape index (κ2) is 10.5. The number of aromatic nitrogens is 3. The monoisotopic (exact) mass is 507 g/mol. The Morgan fingerprint density at radius 1 is 1.05 bits per heavy atom. The van der Waals surface area contributed by atoms with Gasteiger partial charge < -0.3 is 20.4 Å². The minimum absolute atomic E-state index is 0.0181. The summed E-state index contributed by atoms with van der Waals surface area (Å²) in [5.74, 6) is 0.412. The van der Waals surface area contributed by atoms with E-state index >= 15 is 4.39 Å². The van der Waals surface area contributed by atoms with Gasteiger partial charge in [0, 0.05) is 24.2 Å². The molecule has 9 heteroatoms. The van der Waals surface area contributed by atoms with Gasteiger partial charge in [-0.15, -0.1) is 0 Å². The Hall–Kier alpha value is -3.49. The predicted octanol–water partition coefficient (Wildman–Crippen LogP) is 4.74. The molecule has 0 bridgehead atoms. The summed E-state index contributed by atoms with van der Waals surface area (Å²) in [5.41, 5.74) is 3.21. The Balaban J connectivity index is 1.40. The number of halogens is 1. The third-order valence-corrected chi connectivity index (χ3v) is 7.45. The molecule has 2 amide bonds. The maximum absolute atomic E-state index is 15.5. The third-order valence-electron chi connectivity index (χ3n) is 7.45. The molecular formula is C28H34FN5O3. The van der Waals surface area contributed by atoms with Gasteiger partial charge in [0.15, 0.2) is 0 Å². The van der Waals surface area contributed by atoms with Crippen molar-refractivity contribution in [3.05, 3.63) is 41.1 Å². The molecule has 1 aromatic carbocycles. The van der Waals surface area contributed by atoms with Crippen LogP contribution in [-0.4, -0.2) is 45.5 Å². The van der Waals surface area contributed by atoms with Crippen LogP contribution in [0.4, 0.5) is 4.39 Å². The van der Waals surface area contributed by atoms with E-state index in [-0.39, 0.29) is 29.5 Å². The first kappa shape index (κ1) is 25.2. The van der Waals surface area contributed by atoms with Gasteiger partial charge in [-0.1, -0.05) is 13.0 Å². The molecule has 8 nitrogen and oxygen atoms in total. The number of aromatic amines is 1. The first-order valence-corrected chi connectivity index (χ1v) is 13.2. The lowest BCUT2D eigenvalue weighted by molar-refractivity contribution is -0.121. The van der Waals surface area contributed by atoms with Gasteiger partial charge in [0.2, 0.25) is 5.91 Å². The van der Waals surface area contributed by atoms with E-state index < -0.39 is 5.82 Å². The summed E-state index contributed by atoms with van der Waals surface area (Å²) in [6.45, 7) is 5.92. The van der Waals surface area contributed by atoms with Gasteiger partial charge in [-0.25, -0.2) is 14.4 Å². The van der Waals surface area contributed by atoms with Crippen molar-refractivity contribution in [1.82, 2.24) is 25.6 Å². The van der Waals surface area contributed by atoms with E-state index in [1.54, 1.807) is 19.1 Å². The SMILES string of the molecule is CCC(=O)NC1CCC(NC(=O)c2c(C)[nH]c3c(-c4c(OCC5CC5)ccc(C)c4F)ncnc23)CC1. The third kappa shape index (κ3) is 5.31. The van der Waals surface area contributed by atoms with Crippen LogP contribution in [-0.2, 0) is 4.79 Å². The molecule has 2 aromatic heterocycles. The Bertz CT molecular complexity index is 1330. The van der Waals surface area contributed by atoms with Crippen LogP contribution in [0.2, 0.25) is 0 Å². The van der Waals surface area contributed by atoms with Crippen LogP contribution in [0.25, 0.3) is 22.3 Å². The number of aryl methyl sites for hydroxylation is 2. The van der Waals surface area contributed by atoms with Crippen molar-refractivity contribution in [3.8, 4) is 17.0 Å². The molecule has 3 N–H and O–H groups in total. The number of nitrogens with zero attached hydrogens (tertiary/aromatic N) is 2. The van der Waals surface area contributed by atoms with E-state index in [0.29, 0.717) is 58.2 Å². The average Bonchev–Trinajstić information content (AvgIpc) is 3.65. The Labute approximate surface area is 215 Å². The summed E-state index contributed by atoms with van der Waals surface area (Å²) >= 11 is 0. The topological polar surface area (TPSA) is 109 Å². The first-order valence-electron chi connectivity index (χ1n) is 13.2. The number of fused-ring (bicyclic) bond motifs is 1. The summed E-state index contributed by atoms with van der Waals surface area (Å²) in [5, 5.41) is 6.18. The molecule has 0 atom stereocenters. The predicted molar refractivity (Wildman–Crippen MR) is 139 cm³/mol. The summed E-state index contributed by atoms with van der Waals surface area (Å²) in [7, 11) is 0. The highest BCUT2D eigenvalue weighted by Crippen LogP contribution is 2.39. The molecule has 0 radical (unpaired) electrons. The summed E-state index contributed by atoms with van der Waals surface area (Å²) in [4.78, 5) is 37.1. The maximum atomic E-state index is 15.5. The summed E-state index contributed by atoms with van der Waals surface area (Å²) < 4.78 is 21.5. The van der Waals surface area contributed by atoms with E-state index in [2.05, 4.69) is 25.6 Å². The van der Waals surface area contributed by atoms with Gasteiger partial charge in [-0.2, -0.15) is 0 Å². The van der Waals surface area contributed by atoms with Crippen LogP contribution in [0.3, 0.4) is 0 Å². The van der Waals surface area contributed by atoms with Crippen molar-refractivity contribution in [2.45, 2.75) is 77.8 Å². The number of carbonyl (C=O) groups excluding carboxylic acids is 2. The lowest BCUT2D eigenvalue weighted by Gasteiger charge is -2.29. The van der Waals surface area contributed by atoms with Gasteiger partial charge >= 0.3 is 0 Å². The molecule has 5 rings (SSSR count). The smallest absolute Gasteiger partial charge is 0.255 e. The van der Waals surface area contributed by atoms with Crippen molar-refractivity contribution in [2.24, 2.45) is 5.92 Å². The van der Waals surface area contributed by atoms with Gasteiger partial charge in [0.1, 0.15) is 29.1 Å². The van der Waals surface area contributed by atoms with Crippen molar-refractivity contribution in [3.63, 3.8) is 0 Å². The number of carbonyl (C=O) groups is 2. The van der Waals surface area contributed by atoms with Crippen LogP contribution in [0, 0.1) is 25.6 Å². The molecule has 37 heavy (non-hydrogen) atoms. The minimum atomic E-state index is -0.390. The minimum Gasteiger partial charge on any atom is -0.492 e. The van der Waals surface area contributed by atoms with Crippen LogP contribution in [0.15, 0.2) is 18.5 Å². The van der Waals surface area contributed by atoms with E-state index in [1.165, 1.54) is 6.33 Å². The van der Waals surface area contributed by atoms with E-state index in [9.17, 15) is 9.59 Å². The number of hydrogen-bond donors (Lipinski definition) is 3. The number of nitrogens with one attached hydrogen (secondary N) is 3. The van der Waals surface area contributed by atoms with Crippen molar-refractivity contribution in [1.29, 1.82) is 0 Å². The Morgan fingerprint density at radius 2 is 1.76 bits per heavy atom. The quantitative estimate of drug-likeness (QED) is 0.408. The zero-order valence-electron chi connectivity index (χ0n) is 21.6. The zero-order valence-corrected chi connectivity index (χ0v) is 21.6. The van der Waals surface area contributed by atoms with Crippen LogP contribution >= 0.6 is 0 Å². The molecule has 2 saturated carbocycles. The fourth-order valence-corrected chi connectivity index (χ4v) is 5.05. The van der Waals surface area contributed by atoms with Gasteiger partial charge in [0.05, 0.1) is 23.3 Å². The normalized spacial score (nSPS) is 19.6. The van der Waals surface area contributed by atoms with Gasteiger partial charge in [0.25, 0.3) is 5.91 Å². The molecule has 0 unspecified atom stereocenters. The van der Waals surface area contributed by atoms with E-state index in [1.807, 2.05) is 13.8 Å². The highest BCUT2D eigenvalue weighted by Gasteiger charge is 2.28. The Morgan fingerprint density at radius 3 is 2.43 bits per heavy atom. The standard InChI is InChI=1S/C28H34FN5O3/c1-4-21(35)33-18-8-10-19(11-9-18)34-28(36)22-16(3)32-27-25(22)30-14-31-26(27)23-20(37-13-17-6-7-17)12-5-15(2)24(23)29/h5,12,14,17-19,32H,4,6-11,13H2,1-3H3,(H,33,35)(H,34,36). The lowest BCUT2D eigenvalue weighted by atomic mass is 9.91. The number of amides is 2. The molecule has 0 spiro atoms. The van der Waals surface area contributed by atoms with E-state index in [4.69, 9.17) is 4.74 Å². The molecule has 2 aliphatic carbocycles. The maximum Gasteiger partial charge on any atom is 0.255 e. The molecule has 2 aliphatic rings. The van der Waals surface area contributed by atoms with E-state index in [0.717, 1.165) is 38.5 Å². The number of ether oxygens (including phenoxy) is 1. The molecule has 0 aliphatic heterocycles. The number of hydrogen-bond acceptors (Lipinski definition) is 5. The molecular weight excluding hydrogens is 473 g/mol. The molecule has 2 heterocycles. The van der Waals surface area contributed by atoms with Crippen LogP contribution in [0.1, 0.15) is 73.5 Å². The zero-order chi connectivity index (χ0) is 26.1. The van der Waals surface area contributed by atoms with Gasteiger partial charge in [-0.05, 0) is 69.9 Å². The van der Waals surface area contributed by atoms with Crippen LogP contribution < -0.4 is 15.4 Å². The number of rotatable bonds is 8. The second-order valence-corrected chi connectivity index (χ2v) is 10.3. The first-order chi connectivity index (χ1) is 17.9. The molecule has 3 aromatic rings. The Kier molecular flexibility index (Phi) is 7.13. The highest BCUT2D eigenvalue weighted by molar-refractivity contribution is 6.09. The largest absolute Gasteiger partial charge is 0.492 e. The molecule has 196 valence electrons. The summed E-state index contributed by atoms with van der Waals surface area (Å²) in [6.07, 6.45) is 7.33. The van der Waals surface area contributed by atoms with Crippen LogP contribution in [0.5, 0.6) is 5.75 Å². The fraction of sp³-hybridized carbons (Fsp3) is 0.500. The summed E-state index contributed by atoms with van der Waals surface area (Å²) in [6, 6.07) is 3.67. The van der Waals surface area contributed by atoms with Crippen molar-refractivity contribution >= 4 is 22.8 Å². The van der Waals surface area contributed by atoms with Gasteiger partial charge in [-0.3, -0.25) is 9.59 Å². The highest BCUT2D eigenvalue weighted by atomic mass is 19.1. The number of benzene rings is 1. The molecule has 2 fully saturated rings. The fourth-order valence-electron chi connectivity index (χ4n) is 5.05. The van der Waals surface area contributed by atoms with Crippen molar-refractivity contribution < 1.29 is 18.7 Å². The average molecular weight is 508 g/mol.